The molecule has 0 fully saturated rings. The summed E-state index contributed by atoms with van der Waals surface area (Å²) in [5, 5.41) is 9.65. The van der Waals surface area contributed by atoms with Crippen LogP contribution in [-0.4, -0.2) is 13.2 Å². The Morgan fingerprint density at radius 1 is 1.10 bits per heavy atom. The van der Waals surface area contributed by atoms with Gasteiger partial charge in [-0.3, -0.25) is 0 Å². The molecule has 3 nitrogen and oxygen atoms in total. The zero-order chi connectivity index (χ0) is 14.4. The minimum Gasteiger partial charge on any atom is -0.490 e. The van der Waals surface area contributed by atoms with E-state index >= 15 is 0 Å². The van der Waals surface area contributed by atoms with Crippen molar-refractivity contribution in [3.8, 4) is 17.6 Å². The summed E-state index contributed by atoms with van der Waals surface area (Å²) < 4.78 is 11.1. The van der Waals surface area contributed by atoms with E-state index in [0.29, 0.717) is 24.5 Å². The monoisotopic (exact) mass is 287 g/mol. The number of para-hydroxylation sites is 1. The van der Waals surface area contributed by atoms with Crippen molar-refractivity contribution < 1.29 is 9.47 Å². The standard InChI is InChI=1S/C16H14ClNO2/c1-12-10-14(6-7-15(12)17)19-8-9-20-16-5-3-2-4-13(16)11-18/h2-7,10H,8-9H2,1H3. The van der Waals surface area contributed by atoms with Crippen molar-refractivity contribution in [1.29, 1.82) is 5.26 Å². The van der Waals surface area contributed by atoms with Crippen molar-refractivity contribution in [2.45, 2.75) is 6.92 Å². The molecular formula is C16H14ClNO2. The first kappa shape index (κ1) is 14.2. The van der Waals surface area contributed by atoms with Gasteiger partial charge < -0.3 is 9.47 Å². The highest BCUT2D eigenvalue weighted by molar-refractivity contribution is 6.31. The van der Waals surface area contributed by atoms with Crippen LogP contribution in [0.25, 0.3) is 0 Å². The summed E-state index contributed by atoms with van der Waals surface area (Å²) >= 11 is 5.94. The highest BCUT2D eigenvalue weighted by Crippen LogP contribution is 2.21. The van der Waals surface area contributed by atoms with Crippen molar-refractivity contribution in [2.24, 2.45) is 0 Å². The molecule has 0 bridgehead atoms. The number of nitriles is 1. The highest BCUT2D eigenvalue weighted by atomic mass is 35.5. The lowest BCUT2D eigenvalue weighted by Gasteiger charge is -2.10. The van der Waals surface area contributed by atoms with Crippen molar-refractivity contribution in [3.05, 3.63) is 58.6 Å². The minimum atomic E-state index is 0.375. The number of halogens is 1. The zero-order valence-corrected chi connectivity index (χ0v) is 11.9. The lowest BCUT2D eigenvalue weighted by molar-refractivity contribution is 0.216. The molecule has 0 unspecified atom stereocenters. The van der Waals surface area contributed by atoms with Gasteiger partial charge in [0.05, 0.1) is 5.56 Å². The fourth-order valence-electron chi connectivity index (χ4n) is 1.70. The molecule has 0 atom stereocenters. The van der Waals surface area contributed by atoms with Gasteiger partial charge in [0.1, 0.15) is 30.8 Å². The van der Waals surface area contributed by atoms with Crippen molar-refractivity contribution in [1.82, 2.24) is 0 Å². The summed E-state index contributed by atoms with van der Waals surface area (Å²) in [6.07, 6.45) is 0. The first-order chi connectivity index (χ1) is 9.70. The number of hydrogen-bond acceptors (Lipinski definition) is 3. The molecule has 0 aliphatic heterocycles. The predicted octanol–water partition coefficient (Wildman–Crippen LogP) is 3.98. The molecule has 2 rings (SSSR count). The number of nitrogens with zero attached hydrogens (tertiary/aromatic N) is 1. The van der Waals surface area contributed by atoms with Gasteiger partial charge in [0.2, 0.25) is 0 Å². The quantitative estimate of drug-likeness (QED) is 0.781. The molecule has 0 radical (unpaired) electrons. The van der Waals surface area contributed by atoms with Crippen molar-refractivity contribution in [2.75, 3.05) is 13.2 Å². The maximum Gasteiger partial charge on any atom is 0.137 e. The van der Waals surface area contributed by atoms with Crippen LogP contribution in [0.5, 0.6) is 11.5 Å². The van der Waals surface area contributed by atoms with E-state index in [-0.39, 0.29) is 0 Å². The molecule has 0 aliphatic carbocycles. The largest absolute Gasteiger partial charge is 0.490 e. The Morgan fingerprint density at radius 3 is 2.60 bits per heavy atom. The van der Waals surface area contributed by atoms with Gasteiger partial charge in [-0.05, 0) is 42.8 Å². The van der Waals surface area contributed by atoms with Gasteiger partial charge in [-0.25, -0.2) is 0 Å². The maximum absolute atomic E-state index is 8.94. The number of hydrogen-bond donors (Lipinski definition) is 0. The Labute approximate surface area is 123 Å². The first-order valence-electron chi connectivity index (χ1n) is 6.21. The van der Waals surface area contributed by atoms with E-state index in [9.17, 15) is 0 Å². The molecule has 2 aromatic rings. The number of ether oxygens (including phenoxy) is 2. The Balaban J connectivity index is 1.85. The Morgan fingerprint density at radius 2 is 1.85 bits per heavy atom. The van der Waals surface area contributed by atoms with Crippen LogP contribution in [0.1, 0.15) is 11.1 Å². The van der Waals surface area contributed by atoms with E-state index in [2.05, 4.69) is 6.07 Å². The number of benzene rings is 2. The second-order valence-corrected chi connectivity index (χ2v) is 4.62. The molecule has 0 heterocycles. The molecule has 0 N–H and O–H groups in total. The lowest BCUT2D eigenvalue weighted by Crippen LogP contribution is -2.09. The van der Waals surface area contributed by atoms with E-state index in [1.54, 1.807) is 24.3 Å². The van der Waals surface area contributed by atoms with Crippen LogP contribution in [-0.2, 0) is 0 Å². The molecule has 0 amide bonds. The van der Waals surface area contributed by atoms with Gasteiger partial charge in [-0.15, -0.1) is 0 Å². The lowest BCUT2D eigenvalue weighted by atomic mass is 10.2. The summed E-state index contributed by atoms with van der Waals surface area (Å²) in [7, 11) is 0. The highest BCUT2D eigenvalue weighted by Gasteiger charge is 2.02. The fourth-order valence-corrected chi connectivity index (χ4v) is 1.82. The molecule has 0 saturated carbocycles. The third-order valence-corrected chi connectivity index (χ3v) is 3.17. The first-order valence-corrected chi connectivity index (χ1v) is 6.59. The van der Waals surface area contributed by atoms with Crippen LogP contribution in [0.4, 0.5) is 0 Å². The van der Waals surface area contributed by atoms with Crippen LogP contribution in [0.15, 0.2) is 42.5 Å². The normalized spacial score (nSPS) is 9.85. The van der Waals surface area contributed by atoms with E-state index in [1.165, 1.54) is 0 Å². The van der Waals surface area contributed by atoms with Gasteiger partial charge in [0.25, 0.3) is 0 Å². The second-order valence-electron chi connectivity index (χ2n) is 4.22. The molecule has 20 heavy (non-hydrogen) atoms. The summed E-state index contributed by atoms with van der Waals surface area (Å²) in [4.78, 5) is 0. The Kier molecular flexibility index (Phi) is 4.86. The fraction of sp³-hybridized carbons (Fsp3) is 0.188. The van der Waals surface area contributed by atoms with Gasteiger partial charge in [0.15, 0.2) is 0 Å². The zero-order valence-electron chi connectivity index (χ0n) is 11.1. The van der Waals surface area contributed by atoms with Crippen LogP contribution < -0.4 is 9.47 Å². The average Bonchev–Trinajstić information content (AvgIpc) is 2.47. The van der Waals surface area contributed by atoms with Gasteiger partial charge >= 0.3 is 0 Å². The molecule has 0 saturated heterocycles. The van der Waals surface area contributed by atoms with Crippen LogP contribution >= 0.6 is 11.6 Å². The Hall–Kier alpha value is -2.18. The molecular weight excluding hydrogens is 274 g/mol. The van der Waals surface area contributed by atoms with Crippen molar-refractivity contribution in [3.63, 3.8) is 0 Å². The number of aryl methyl sites for hydroxylation is 1. The second kappa shape index (κ2) is 6.83. The molecule has 0 aliphatic rings. The van der Waals surface area contributed by atoms with E-state index < -0.39 is 0 Å². The van der Waals surface area contributed by atoms with E-state index in [1.807, 2.05) is 25.1 Å². The average molecular weight is 288 g/mol. The molecule has 4 heteroatoms. The molecule has 0 spiro atoms. The smallest absolute Gasteiger partial charge is 0.137 e. The van der Waals surface area contributed by atoms with Crippen LogP contribution in [0.2, 0.25) is 5.02 Å². The Bertz CT molecular complexity index is 635. The summed E-state index contributed by atoms with van der Waals surface area (Å²) in [5.74, 6) is 1.33. The summed E-state index contributed by atoms with van der Waals surface area (Å²) in [6.45, 7) is 2.70. The topological polar surface area (TPSA) is 42.2 Å². The summed E-state index contributed by atoms with van der Waals surface area (Å²) in [5.41, 5.74) is 1.50. The third-order valence-electron chi connectivity index (χ3n) is 2.75. The van der Waals surface area contributed by atoms with Crippen molar-refractivity contribution >= 4 is 11.6 Å². The van der Waals surface area contributed by atoms with Crippen LogP contribution in [0.3, 0.4) is 0 Å². The minimum absolute atomic E-state index is 0.375. The van der Waals surface area contributed by atoms with E-state index in [4.69, 9.17) is 26.3 Å². The number of rotatable bonds is 5. The van der Waals surface area contributed by atoms with Crippen LogP contribution in [0, 0.1) is 18.3 Å². The molecule has 0 aromatic heterocycles. The van der Waals surface area contributed by atoms with Gasteiger partial charge in [-0.1, -0.05) is 23.7 Å². The maximum atomic E-state index is 8.94. The predicted molar refractivity (Wildman–Crippen MR) is 78.3 cm³/mol. The van der Waals surface area contributed by atoms with E-state index in [0.717, 1.165) is 16.3 Å². The third kappa shape index (κ3) is 3.66. The van der Waals surface area contributed by atoms with Gasteiger partial charge in [-0.2, -0.15) is 5.26 Å². The summed E-state index contributed by atoms with van der Waals surface area (Å²) in [6, 6.07) is 14.7. The molecule has 102 valence electrons. The van der Waals surface area contributed by atoms with Gasteiger partial charge in [0, 0.05) is 5.02 Å². The SMILES string of the molecule is Cc1cc(OCCOc2ccccc2C#N)ccc1Cl. The molecule has 2 aromatic carbocycles.